The summed E-state index contributed by atoms with van der Waals surface area (Å²) in [7, 11) is 0. The number of pyridine rings is 1. The average Bonchev–Trinajstić information content (AvgIpc) is 3.29. The molecule has 1 aromatic rings. The quantitative estimate of drug-likeness (QED) is 0.814. The summed E-state index contributed by atoms with van der Waals surface area (Å²) < 4.78 is 0. The zero-order valence-corrected chi connectivity index (χ0v) is 11.5. The molecule has 3 aliphatic carbocycles. The predicted octanol–water partition coefficient (Wildman–Crippen LogP) is 2.71. The Labute approximate surface area is 115 Å². The van der Waals surface area contributed by atoms with Crippen LogP contribution in [-0.4, -0.2) is 23.6 Å². The highest BCUT2D eigenvalue weighted by atomic mass is 15.2. The minimum Gasteiger partial charge on any atom is -0.368 e. The van der Waals surface area contributed by atoms with Crippen LogP contribution in [0.25, 0.3) is 0 Å². The van der Waals surface area contributed by atoms with Crippen molar-refractivity contribution in [1.29, 1.82) is 0 Å². The molecule has 0 saturated heterocycles. The van der Waals surface area contributed by atoms with Crippen LogP contribution < -0.4 is 10.2 Å². The van der Waals surface area contributed by atoms with Gasteiger partial charge in [-0.2, -0.15) is 0 Å². The van der Waals surface area contributed by atoms with Crippen molar-refractivity contribution < 1.29 is 0 Å². The van der Waals surface area contributed by atoms with Gasteiger partial charge in [0.05, 0.1) is 5.69 Å². The van der Waals surface area contributed by atoms with Crippen LogP contribution in [0.2, 0.25) is 0 Å². The Balaban J connectivity index is 1.45. The van der Waals surface area contributed by atoms with Crippen molar-refractivity contribution in [2.45, 2.75) is 57.2 Å². The van der Waals surface area contributed by atoms with Crippen LogP contribution in [-0.2, 0) is 6.54 Å². The summed E-state index contributed by atoms with van der Waals surface area (Å²) in [4.78, 5) is 7.15. The molecule has 0 spiro atoms. The molecule has 3 fully saturated rings. The molecule has 0 aromatic carbocycles. The van der Waals surface area contributed by atoms with Crippen molar-refractivity contribution in [3.05, 3.63) is 24.0 Å². The normalized spacial score (nSPS) is 22.5. The van der Waals surface area contributed by atoms with Crippen LogP contribution in [0.4, 0.5) is 5.69 Å². The largest absolute Gasteiger partial charge is 0.368 e. The molecule has 1 heterocycles. The van der Waals surface area contributed by atoms with E-state index in [9.17, 15) is 0 Å². The topological polar surface area (TPSA) is 28.2 Å². The van der Waals surface area contributed by atoms with Crippen molar-refractivity contribution in [3.8, 4) is 0 Å². The minimum atomic E-state index is 0.761. The molecule has 1 aromatic heterocycles. The summed E-state index contributed by atoms with van der Waals surface area (Å²) in [5, 5.41) is 3.56. The van der Waals surface area contributed by atoms with Crippen LogP contribution >= 0.6 is 0 Å². The summed E-state index contributed by atoms with van der Waals surface area (Å²) >= 11 is 0. The first kappa shape index (κ1) is 11.7. The zero-order chi connectivity index (χ0) is 12.7. The van der Waals surface area contributed by atoms with Gasteiger partial charge in [-0.15, -0.1) is 0 Å². The fourth-order valence-electron chi connectivity index (χ4n) is 2.71. The molecular formula is C16H23N3. The monoisotopic (exact) mass is 257 g/mol. The van der Waals surface area contributed by atoms with E-state index >= 15 is 0 Å². The third kappa shape index (κ3) is 3.08. The number of aromatic nitrogens is 1. The summed E-state index contributed by atoms with van der Waals surface area (Å²) in [5.41, 5.74) is 2.60. The van der Waals surface area contributed by atoms with Gasteiger partial charge in [0.2, 0.25) is 0 Å². The van der Waals surface area contributed by atoms with Gasteiger partial charge in [-0.3, -0.25) is 4.98 Å². The molecule has 0 atom stereocenters. The van der Waals surface area contributed by atoms with Gasteiger partial charge >= 0.3 is 0 Å². The lowest BCUT2D eigenvalue weighted by Gasteiger charge is -2.25. The van der Waals surface area contributed by atoms with E-state index in [1.165, 1.54) is 56.5 Å². The second kappa shape index (κ2) is 4.78. The van der Waals surface area contributed by atoms with E-state index in [1.54, 1.807) is 0 Å². The summed E-state index contributed by atoms with van der Waals surface area (Å²) in [6.45, 7) is 2.20. The first-order valence-electron chi connectivity index (χ1n) is 7.83. The number of nitrogens with one attached hydrogen (secondary N) is 1. The minimum absolute atomic E-state index is 0.761. The fourth-order valence-corrected chi connectivity index (χ4v) is 2.71. The summed E-state index contributed by atoms with van der Waals surface area (Å²) in [6.07, 6.45) is 10.3. The fraction of sp³-hybridized carbons (Fsp3) is 0.688. The maximum Gasteiger partial charge on any atom is 0.0562 e. The van der Waals surface area contributed by atoms with Crippen LogP contribution in [0.5, 0.6) is 0 Å². The molecule has 0 unspecified atom stereocenters. The average molecular weight is 257 g/mol. The van der Waals surface area contributed by atoms with Gasteiger partial charge in [-0.05, 0) is 56.6 Å². The second-order valence-corrected chi connectivity index (χ2v) is 6.49. The van der Waals surface area contributed by atoms with Crippen LogP contribution in [0.3, 0.4) is 0 Å². The highest BCUT2D eigenvalue weighted by Gasteiger charge is 2.33. The Bertz CT molecular complexity index is 447. The number of nitrogens with zero attached hydrogens (tertiary/aromatic N) is 2. The highest BCUT2D eigenvalue weighted by Crippen LogP contribution is 2.37. The van der Waals surface area contributed by atoms with Gasteiger partial charge in [0.1, 0.15) is 0 Å². The smallest absolute Gasteiger partial charge is 0.0562 e. The Kier molecular flexibility index (Phi) is 2.95. The lowest BCUT2D eigenvalue weighted by Crippen LogP contribution is -2.28. The van der Waals surface area contributed by atoms with E-state index in [1.807, 2.05) is 6.20 Å². The van der Waals surface area contributed by atoms with Crippen LogP contribution in [0.15, 0.2) is 18.3 Å². The van der Waals surface area contributed by atoms with Gasteiger partial charge < -0.3 is 10.2 Å². The zero-order valence-electron chi connectivity index (χ0n) is 11.5. The maximum atomic E-state index is 4.51. The molecule has 3 heteroatoms. The van der Waals surface area contributed by atoms with E-state index in [0.29, 0.717) is 0 Å². The molecule has 3 aliphatic rings. The molecule has 4 rings (SSSR count). The summed E-state index contributed by atoms with van der Waals surface area (Å²) in [5.74, 6) is 0.960. The molecule has 0 bridgehead atoms. The third-order valence-corrected chi connectivity index (χ3v) is 4.42. The molecule has 102 valence electrons. The predicted molar refractivity (Wildman–Crippen MR) is 77.2 cm³/mol. The lowest BCUT2D eigenvalue weighted by molar-refractivity contribution is 0.671. The molecule has 1 N–H and O–H groups in total. The van der Waals surface area contributed by atoms with E-state index in [0.717, 1.165) is 24.5 Å². The standard InChI is InChI=1S/C16H23N3/c1-2-12(1)11-19(15-5-6-15)16-7-8-17-14(9-16)10-18-13-3-4-13/h7-9,12-13,15,18H,1-6,10-11H2. The van der Waals surface area contributed by atoms with Crippen molar-refractivity contribution in [1.82, 2.24) is 10.3 Å². The SMILES string of the molecule is c1cc(N(CC2CC2)C2CC2)cc(CNC2CC2)n1. The van der Waals surface area contributed by atoms with Gasteiger partial charge in [-0.25, -0.2) is 0 Å². The van der Waals surface area contributed by atoms with E-state index < -0.39 is 0 Å². The van der Waals surface area contributed by atoms with Crippen molar-refractivity contribution in [2.24, 2.45) is 5.92 Å². The molecule has 0 radical (unpaired) electrons. The summed E-state index contributed by atoms with van der Waals surface area (Å²) in [6, 6.07) is 6.07. The van der Waals surface area contributed by atoms with Gasteiger partial charge in [-0.1, -0.05) is 0 Å². The first-order chi connectivity index (χ1) is 9.38. The molecule has 3 saturated carbocycles. The Hall–Kier alpha value is -1.09. The van der Waals surface area contributed by atoms with Crippen LogP contribution in [0, 0.1) is 5.92 Å². The highest BCUT2D eigenvalue weighted by molar-refractivity contribution is 5.49. The third-order valence-electron chi connectivity index (χ3n) is 4.42. The number of rotatable bonds is 7. The van der Waals surface area contributed by atoms with E-state index in [4.69, 9.17) is 0 Å². The first-order valence-corrected chi connectivity index (χ1v) is 7.83. The molecule has 19 heavy (non-hydrogen) atoms. The Morgan fingerprint density at radius 1 is 1.16 bits per heavy atom. The van der Waals surface area contributed by atoms with E-state index in [-0.39, 0.29) is 0 Å². The lowest BCUT2D eigenvalue weighted by atomic mass is 10.2. The molecule has 3 nitrogen and oxygen atoms in total. The molecule has 0 amide bonds. The second-order valence-electron chi connectivity index (χ2n) is 6.49. The van der Waals surface area contributed by atoms with Gasteiger partial charge in [0.15, 0.2) is 0 Å². The van der Waals surface area contributed by atoms with Crippen molar-refractivity contribution in [3.63, 3.8) is 0 Å². The molecular weight excluding hydrogens is 234 g/mol. The Morgan fingerprint density at radius 2 is 2.00 bits per heavy atom. The number of hydrogen-bond donors (Lipinski definition) is 1. The maximum absolute atomic E-state index is 4.51. The van der Waals surface area contributed by atoms with E-state index in [2.05, 4.69) is 27.3 Å². The Morgan fingerprint density at radius 3 is 2.68 bits per heavy atom. The molecule has 0 aliphatic heterocycles. The van der Waals surface area contributed by atoms with Crippen LogP contribution in [0.1, 0.15) is 44.2 Å². The van der Waals surface area contributed by atoms with Crippen molar-refractivity contribution >= 4 is 5.69 Å². The number of anilines is 1. The van der Waals surface area contributed by atoms with Gasteiger partial charge in [0.25, 0.3) is 0 Å². The number of hydrogen-bond acceptors (Lipinski definition) is 3. The van der Waals surface area contributed by atoms with Gasteiger partial charge in [0, 0.05) is 37.1 Å². The van der Waals surface area contributed by atoms with Crippen molar-refractivity contribution in [2.75, 3.05) is 11.4 Å².